The van der Waals surface area contributed by atoms with E-state index in [9.17, 15) is 0 Å². The second kappa shape index (κ2) is 41.6. The molecule has 0 saturated carbocycles. The molecule has 0 heterocycles. The van der Waals surface area contributed by atoms with Crippen LogP contribution in [0.5, 0.6) is 0 Å². The third-order valence-corrected chi connectivity index (χ3v) is 0. The van der Waals surface area contributed by atoms with Crippen molar-refractivity contribution in [2.45, 2.75) is 0 Å². The SMILES string of the molecule is O=[O+][O-].[Mn+2].[O-2]. The summed E-state index contributed by atoms with van der Waals surface area (Å²) in [5, 5.41) is 7.88. The van der Waals surface area contributed by atoms with E-state index in [2.05, 4.69) is 0 Å². The zero-order chi connectivity index (χ0) is 2.71. The predicted octanol–water partition coefficient (Wildman–Crippen LogP) is -1.24. The summed E-state index contributed by atoms with van der Waals surface area (Å²) in [5.74, 6) is 0. The summed E-state index contributed by atoms with van der Waals surface area (Å²) >= 11 is 0. The molecule has 0 saturated heterocycles. The molecule has 0 rings (SSSR count). The van der Waals surface area contributed by atoms with Gasteiger partial charge in [0.1, 0.15) is 0 Å². The molecule has 0 aliphatic carbocycles. The minimum atomic E-state index is 0. The Hall–Kier alpha value is -0.121. The van der Waals surface area contributed by atoms with Crippen LogP contribution >= 0.6 is 0 Å². The van der Waals surface area contributed by atoms with Gasteiger partial charge >= 0.3 is 17.1 Å². The van der Waals surface area contributed by atoms with Crippen molar-refractivity contribution in [1.29, 1.82) is 0 Å². The quantitative estimate of drug-likeness (QED) is 0.173. The van der Waals surface area contributed by atoms with Crippen LogP contribution in [0.4, 0.5) is 0 Å². The van der Waals surface area contributed by atoms with E-state index >= 15 is 0 Å². The minimum Gasteiger partial charge on any atom is -2.00 e. The Kier molecular flexibility index (Phi) is 173. The smallest absolute Gasteiger partial charge is 2.00 e. The van der Waals surface area contributed by atoms with Gasteiger partial charge in [-0.25, -0.2) is 0 Å². The van der Waals surface area contributed by atoms with Gasteiger partial charge in [-0.15, -0.1) is 0 Å². The first-order valence-electron chi connectivity index (χ1n) is 0.333. The molecule has 0 aromatic heterocycles. The van der Waals surface area contributed by atoms with E-state index in [0.29, 0.717) is 0 Å². The van der Waals surface area contributed by atoms with Gasteiger partial charge in [0.25, 0.3) is 0 Å². The average molecular weight is 119 g/mol. The molecule has 0 spiro atoms. The van der Waals surface area contributed by atoms with E-state index in [0.717, 1.165) is 0 Å². The first-order chi connectivity index (χ1) is 1.41. The topological polar surface area (TPSA) is 79.9 Å². The summed E-state index contributed by atoms with van der Waals surface area (Å²) in [6.45, 7) is 0. The molecule has 0 atom stereocenters. The van der Waals surface area contributed by atoms with Gasteiger partial charge in [-0.1, -0.05) is 10.2 Å². The van der Waals surface area contributed by atoms with Crippen molar-refractivity contribution < 1.29 is 27.8 Å². The number of hydrogen-bond acceptors (Lipinski definition) is 2. The summed E-state index contributed by atoms with van der Waals surface area (Å²) in [4.78, 5) is 7.88. The molecule has 5 heteroatoms. The van der Waals surface area contributed by atoms with Crippen LogP contribution in [-0.4, -0.2) is 0 Å². The van der Waals surface area contributed by atoms with Gasteiger partial charge in [0.2, 0.25) is 0 Å². The standard InChI is InChI=1S/Mn.O3.O/c;1-3-2;/q+2;;-2. The van der Waals surface area contributed by atoms with Crippen molar-refractivity contribution >= 4 is 0 Å². The van der Waals surface area contributed by atoms with Gasteiger partial charge < -0.3 is 5.48 Å². The molecule has 0 unspecified atom stereocenters. The molecule has 5 heavy (non-hydrogen) atoms. The van der Waals surface area contributed by atoms with Crippen LogP contribution in [0.15, 0.2) is 0 Å². The summed E-state index contributed by atoms with van der Waals surface area (Å²) < 4.78 is 1.75. The molecule has 0 aliphatic heterocycles. The summed E-state index contributed by atoms with van der Waals surface area (Å²) in [6.07, 6.45) is 0. The van der Waals surface area contributed by atoms with Crippen molar-refractivity contribution in [3.63, 3.8) is 0 Å². The normalized spacial score (nSPS) is 2.40. The molecular weight excluding hydrogens is 119 g/mol. The van der Waals surface area contributed by atoms with Gasteiger partial charge in [0.15, 0.2) is 4.75 Å². The van der Waals surface area contributed by atoms with E-state index in [-0.39, 0.29) is 22.5 Å². The second-order valence-electron chi connectivity index (χ2n) is 0.0680. The fourth-order valence-corrected chi connectivity index (χ4v) is 0. The van der Waals surface area contributed by atoms with Gasteiger partial charge in [-0.3, -0.25) is 0 Å². The second-order valence-corrected chi connectivity index (χ2v) is 0.0680. The molecule has 0 bridgehead atoms. The fraction of sp³-hybridized carbons (Fsp3) is 0. The van der Waals surface area contributed by atoms with Crippen molar-refractivity contribution in [3.8, 4) is 0 Å². The maximum Gasteiger partial charge on any atom is 2.00 e. The van der Waals surface area contributed by atoms with Crippen molar-refractivity contribution in [2.75, 3.05) is 0 Å². The average Bonchev–Trinajstić information content (AvgIpc) is 0.918. The molecule has 0 N–H and O–H groups in total. The van der Waals surface area contributed by atoms with Crippen molar-refractivity contribution in [2.24, 2.45) is 0 Å². The maximum atomic E-state index is 7.88. The van der Waals surface area contributed by atoms with E-state index < -0.39 is 0 Å². The molecule has 0 aromatic rings. The molecule has 1 radical (unpaired) electrons. The predicted molar refractivity (Wildman–Crippen MR) is 7.42 cm³/mol. The Morgan fingerprint density at radius 2 is 1.60 bits per heavy atom. The van der Waals surface area contributed by atoms with Gasteiger partial charge in [0.05, 0.1) is 0 Å². The van der Waals surface area contributed by atoms with Crippen LogP contribution in [0.25, 0.3) is 0 Å². The van der Waals surface area contributed by atoms with E-state index in [1.807, 2.05) is 0 Å². The monoisotopic (exact) mass is 119 g/mol. The molecule has 4 nitrogen and oxygen atoms in total. The minimum absolute atomic E-state index is 0. The molecule has 0 fully saturated rings. The Labute approximate surface area is 38.4 Å². The zero-order valence-electron chi connectivity index (χ0n) is 2.01. The van der Waals surface area contributed by atoms with Gasteiger partial charge in [-0.05, 0) is 0 Å². The third-order valence-electron chi connectivity index (χ3n) is 0. The first kappa shape index (κ1) is 20.8. The molecule has 0 aliphatic rings. The first-order valence-corrected chi connectivity index (χ1v) is 0.333. The molecular formula is MnO4. The Morgan fingerprint density at radius 3 is 1.60 bits per heavy atom. The van der Waals surface area contributed by atoms with Gasteiger partial charge in [-0.2, -0.15) is 0 Å². The van der Waals surface area contributed by atoms with Crippen molar-refractivity contribution in [3.05, 3.63) is 9.71 Å². The molecule has 31 valence electrons. The molecule has 0 aromatic carbocycles. The van der Waals surface area contributed by atoms with E-state index in [1.54, 1.807) is 4.75 Å². The summed E-state index contributed by atoms with van der Waals surface area (Å²) in [7, 11) is 0. The largest absolute Gasteiger partial charge is 2.00 e. The van der Waals surface area contributed by atoms with Gasteiger partial charge in [0, 0.05) is 0 Å². The van der Waals surface area contributed by atoms with Crippen LogP contribution in [0.2, 0.25) is 0 Å². The zero-order valence-corrected chi connectivity index (χ0v) is 3.19. The maximum absolute atomic E-state index is 7.88. The van der Waals surface area contributed by atoms with Crippen LogP contribution in [0, 0.1) is 9.71 Å². The van der Waals surface area contributed by atoms with Crippen LogP contribution in [0.1, 0.15) is 0 Å². The van der Waals surface area contributed by atoms with Crippen LogP contribution in [-0.2, 0) is 22.5 Å². The fourth-order valence-electron chi connectivity index (χ4n) is 0. The van der Waals surface area contributed by atoms with Crippen molar-refractivity contribution in [1.82, 2.24) is 0 Å². The Morgan fingerprint density at radius 1 is 1.60 bits per heavy atom. The summed E-state index contributed by atoms with van der Waals surface area (Å²) in [5.41, 5.74) is 0. The van der Waals surface area contributed by atoms with E-state index in [4.69, 9.17) is 10.2 Å². The molecule has 0 amide bonds. The van der Waals surface area contributed by atoms with Crippen LogP contribution < -0.4 is 5.26 Å². The van der Waals surface area contributed by atoms with Crippen LogP contribution in [0.3, 0.4) is 0 Å². The Bertz CT molecular complexity index is 11.1. The third kappa shape index (κ3) is 943. The van der Waals surface area contributed by atoms with E-state index in [1.165, 1.54) is 0 Å². The number of hydrogen-bond donors (Lipinski definition) is 0. The summed E-state index contributed by atoms with van der Waals surface area (Å²) in [6, 6.07) is 0. The Balaban J connectivity index is -0.0000000200. The number of rotatable bonds is 0.